The molecule has 2 amide bonds. The Labute approximate surface area is 141 Å². The minimum atomic E-state index is -0.181. The van der Waals surface area contributed by atoms with Gasteiger partial charge in [0.25, 0.3) is 5.91 Å². The Kier molecular flexibility index (Phi) is 4.79. The Hall–Kier alpha value is -2.82. The molecule has 1 fully saturated rings. The molecule has 0 unspecified atom stereocenters. The van der Waals surface area contributed by atoms with Crippen molar-refractivity contribution in [2.75, 3.05) is 23.9 Å². The molecular weight excluding hydrogens is 304 g/mol. The molecule has 3 rings (SSSR count). The first-order chi connectivity index (χ1) is 11.7. The fourth-order valence-corrected chi connectivity index (χ4v) is 2.83. The lowest BCUT2D eigenvalue weighted by atomic mass is 10.1. The molecule has 24 heavy (non-hydrogen) atoms. The van der Waals surface area contributed by atoms with Crippen LogP contribution >= 0.6 is 0 Å². The van der Waals surface area contributed by atoms with Crippen molar-refractivity contribution in [2.24, 2.45) is 0 Å². The van der Waals surface area contributed by atoms with Gasteiger partial charge in [-0.2, -0.15) is 0 Å². The third kappa shape index (κ3) is 3.40. The number of hydrogen-bond acceptors (Lipinski definition) is 3. The number of benzene rings is 2. The number of carbonyl (C=O) groups is 2. The second-order valence-corrected chi connectivity index (χ2v) is 5.71. The van der Waals surface area contributed by atoms with Gasteiger partial charge in [0.05, 0.1) is 12.8 Å². The van der Waals surface area contributed by atoms with E-state index in [-0.39, 0.29) is 11.8 Å². The Morgan fingerprint density at radius 1 is 1.12 bits per heavy atom. The first-order valence-electron chi connectivity index (χ1n) is 8.04. The summed E-state index contributed by atoms with van der Waals surface area (Å²) in [5, 5.41) is 2.85. The number of ether oxygens (including phenoxy) is 1. The average molecular weight is 324 g/mol. The van der Waals surface area contributed by atoms with Crippen LogP contribution < -0.4 is 15.0 Å². The molecule has 0 bridgehead atoms. The van der Waals surface area contributed by atoms with Gasteiger partial charge in [-0.3, -0.25) is 9.59 Å². The van der Waals surface area contributed by atoms with E-state index in [9.17, 15) is 9.59 Å². The van der Waals surface area contributed by atoms with E-state index in [0.717, 1.165) is 18.5 Å². The van der Waals surface area contributed by atoms with Crippen LogP contribution in [0.3, 0.4) is 0 Å². The maximum absolute atomic E-state index is 12.2. The fraction of sp³-hybridized carbons (Fsp3) is 0.263. The Balaban J connectivity index is 1.81. The van der Waals surface area contributed by atoms with Crippen LogP contribution in [0.15, 0.2) is 48.5 Å². The average Bonchev–Trinajstić information content (AvgIpc) is 2.63. The zero-order valence-corrected chi connectivity index (χ0v) is 13.6. The van der Waals surface area contributed by atoms with Crippen molar-refractivity contribution < 1.29 is 14.3 Å². The molecule has 1 saturated heterocycles. The normalized spacial score (nSPS) is 14.4. The minimum Gasteiger partial charge on any atom is -0.494 e. The second-order valence-electron chi connectivity index (χ2n) is 5.71. The van der Waals surface area contributed by atoms with E-state index in [2.05, 4.69) is 5.32 Å². The van der Waals surface area contributed by atoms with Gasteiger partial charge in [-0.15, -0.1) is 0 Å². The van der Waals surface area contributed by atoms with Gasteiger partial charge < -0.3 is 15.0 Å². The molecule has 2 aromatic rings. The smallest absolute Gasteiger partial charge is 0.255 e. The highest BCUT2D eigenvalue weighted by molar-refractivity contribution is 6.04. The van der Waals surface area contributed by atoms with Crippen LogP contribution in [0.2, 0.25) is 0 Å². The molecule has 1 aliphatic rings. The van der Waals surface area contributed by atoms with Gasteiger partial charge in [0.2, 0.25) is 5.91 Å². The summed E-state index contributed by atoms with van der Waals surface area (Å²) in [5.41, 5.74) is 1.97. The lowest BCUT2D eigenvalue weighted by Crippen LogP contribution is -2.35. The number of anilines is 2. The van der Waals surface area contributed by atoms with Crippen molar-refractivity contribution in [3.63, 3.8) is 0 Å². The van der Waals surface area contributed by atoms with Crippen LogP contribution in [0.4, 0.5) is 11.4 Å². The van der Waals surface area contributed by atoms with Gasteiger partial charge in [-0.1, -0.05) is 18.2 Å². The van der Waals surface area contributed by atoms with Crippen LogP contribution in [0.1, 0.15) is 29.6 Å². The number of nitrogens with one attached hydrogen (secondary N) is 1. The van der Waals surface area contributed by atoms with Crippen molar-refractivity contribution >= 4 is 23.2 Å². The molecule has 1 heterocycles. The van der Waals surface area contributed by atoms with E-state index in [1.54, 1.807) is 36.3 Å². The highest BCUT2D eigenvalue weighted by Gasteiger charge is 2.22. The van der Waals surface area contributed by atoms with E-state index in [4.69, 9.17) is 4.74 Å². The second kappa shape index (κ2) is 7.17. The third-order valence-electron chi connectivity index (χ3n) is 4.09. The SMILES string of the molecule is COc1cc(NC(=O)c2ccccc2)ccc1N1CCCCC1=O. The van der Waals surface area contributed by atoms with Crippen LogP contribution in [-0.2, 0) is 4.79 Å². The molecule has 1 aliphatic heterocycles. The predicted octanol–water partition coefficient (Wildman–Crippen LogP) is 3.46. The predicted molar refractivity (Wildman–Crippen MR) is 93.6 cm³/mol. The van der Waals surface area contributed by atoms with Crippen molar-refractivity contribution in [3.05, 3.63) is 54.1 Å². The molecule has 0 saturated carbocycles. The molecule has 5 nitrogen and oxygen atoms in total. The summed E-state index contributed by atoms with van der Waals surface area (Å²) in [7, 11) is 1.57. The largest absolute Gasteiger partial charge is 0.494 e. The van der Waals surface area contributed by atoms with Crippen molar-refractivity contribution in [3.8, 4) is 5.75 Å². The van der Waals surface area contributed by atoms with Gasteiger partial charge in [0.1, 0.15) is 5.75 Å². The molecule has 124 valence electrons. The molecule has 5 heteroatoms. The molecule has 0 radical (unpaired) electrons. The zero-order valence-electron chi connectivity index (χ0n) is 13.6. The van der Waals surface area contributed by atoms with Gasteiger partial charge in [0, 0.05) is 30.3 Å². The molecule has 0 atom stereocenters. The van der Waals surface area contributed by atoms with E-state index in [1.807, 2.05) is 24.3 Å². The highest BCUT2D eigenvalue weighted by atomic mass is 16.5. The van der Waals surface area contributed by atoms with Crippen LogP contribution in [0.25, 0.3) is 0 Å². The third-order valence-corrected chi connectivity index (χ3v) is 4.09. The van der Waals surface area contributed by atoms with E-state index in [0.29, 0.717) is 30.0 Å². The van der Waals surface area contributed by atoms with Crippen molar-refractivity contribution in [1.82, 2.24) is 0 Å². The summed E-state index contributed by atoms with van der Waals surface area (Å²) in [5.74, 6) is 0.510. The highest BCUT2D eigenvalue weighted by Crippen LogP contribution is 2.33. The maximum atomic E-state index is 12.2. The quantitative estimate of drug-likeness (QED) is 0.937. The van der Waals surface area contributed by atoms with Gasteiger partial charge in [-0.05, 0) is 37.1 Å². The topological polar surface area (TPSA) is 58.6 Å². The Bertz CT molecular complexity index is 744. The van der Waals surface area contributed by atoms with Gasteiger partial charge in [-0.25, -0.2) is 0 Å². The lowest BCUT2D eigenvalue weighted by molar-refractivity contribution is -0.119. The number of amides is 2. The van der Waals surface area contributed by atoms with E-state index >= 15 is 0 Å². The molecule has 0 aromatic heterocycles. The summed E-state index contributed by atoms with van der Waals surface area (Å²) in [4.78, 5) is 26.1. The number of nitrogens with zero attached hydrogens (tertiary/aromatic N) is 1. The van der Waals surface area contributed by atoms with Crippen molar-refractivity contribution in [1.29, 1.82) is 0 Å². The zero-order chi connectivity index (χ0) is 16.9. The summed E-state index contributed by atoms with van der Waals surface area (Å²) in [6, 6.07) is 14.4. The van der Waals surface area contributed by atoms with Crippen molar-refractivity contribution in [2.45, 2.75) is 19.3 Å². The minimum absolute atomic E-state index is 0.112. The number of carbonyl (C=O) groups excluding carboxylic acids is 2. The van der Waals surface area contributed by atoms with Crippen LogP contribution in [-0.4, -0.2) is 25.5 Å². The fourth-order valence-electron chi connectivity index (χ4n) is 2.83. The number of piperidine rings is 1. The molecular formula is C19H20N2O3. The van der Waals surface area contributed by atoms with E-state index < -0.39 is 0 Å². The Morgan fingerprint density at radius 3 is 2.62 bits per heavy atom. The van der Waals surface area contributed by atoms with E-state index in [1.165, 1.54) is 0 Å². The summed E-state index contributed by atoms with van der Waals surface area (Å²) >= 11 is 0. The summed E-state index contributed by atoms with van der Waals surface area (Å²) < 4.78 is 5.43. The van der Waals surface area contributed by atoms with Crippen LogP contribution in [0, 0.1) is 0 Å². The lowest BCUT2D eigenvalue weighted by Gasteiger charge is -2.28. The number of rotatable bonds is 4. The molecule has 0 aliphatic carbocycles. The molecule has 0 spiro atoms. The van der Waals surface area contributed by atoms with Gasteiger partial charge >= 0.3 is 0 Å². The number of methoxy groups -OCH3 is 1. The number of hydrogen-bond donors (Lipinski definition) is 1. The molecule has 1 N–H and O–H groups in total. The Morgan fingerprint density at radius 2 is 1.92 bits per heavy atom. The van der Waals surface area contributed by atoms with Gasteiger partial charge in [0.15, 0.2) is 0 Å². The first-order valence-corrected chi connectivity index (χ1v) is 8.04. The summed E-state index contributed by atoms with van der Waals surface area (Å²) in [6.45, 7) is 0.699. The maximum Gasteiger partial charge on any atom is 0.255 e. The molecule has 2 aromatic carbocycles. The first kappa shape index (κ1) is 16.1. The summed E-state index contributed by atoms with van der Waals surface area (Å²) in [6.07, 6.45) is 2.49. The monoisotopic (exact) mass is 324 g/mol. The van der Waals surface area contributed by atoms with Crippen LogP contribution in [0.5, 0.6) is 5.75 Å². The standard InChI is InChI=1S/C19H20N2O3/c1-24-17-13-15(20-19(23)14-7-3-2-4-8-14)10-11-16(17)21-12-6-5-9-18(21)22/h2-4,7-8,10-11,13H,5-6,9,12H2,1H3,(H,20,23).